The third-order valence-corrected chi connectivity index (χ3v) is 4.18. The monoisotopic (exact) mass is 352 g/mol. The quantitative estimate of drug-likeness (QED) is 0.748. The van der Waals surface area contributed by atoms with Gasteiger partial charge < -0.3 is 10.2 Å². The van der Waals surface area contributed by atoms with Gasteiger partial charge in [-0.15, -0.1) is 0 Å². The van der Waals surface area contributed by atoms with E-state index in [0.717, 1.165) is 22.3 Å². The van der Waals surface area contributed by atoms with Crippen LogP contribution in [0.2, 0.25) is 0 Å². The highest BCUT2D eigenvalue weighted by Crippen LogP contribution is 2.18. The van der Waals surface area contributed by atoms with E-state index in [9.17, 15) is 9.59 Å². The van der Waals surface area contributed by atoms with Crippen LogP contribution in [0, 0.1) is 0 Å². The summed E-state index contributed by atoms with van der Waals surface area (Å²) in [5.74, 6) is -1.72. The van der Waals surface area contributed by atoms with Crippen LogP contribution < -0.4 is 0 Å². The first kappa shape index (κ1) is 20.9. The molecule has 0 saturated carbocycles. The van der Waals surface area contributed by atoms with Crippen LogP contribution in [0.3, 0.4) is 0 Å². The maximum atomic E-state index is 10.7. The first-order chi connectivity index (χ1) is 12.3. The SMILES string of the molecule is C/C(C(=O)O)=C(/C)c1ccccc1.C/C(C(=O)O)=C(/C)c1ccccc1. The molecule has 0 aliphatic heterocycles. The zero-order valence-electron chi connectivity index (χ0n) is 15.5. The normalized spacial score (nSPS) is 12.2. The van der Waals surface area contributed by atoms with Gasteiger partial charge in [0.1, 0.15) is 0 Å². The molecular weight excluding hydrogens is 328 g/mol. The molecule has 0 spiro atoms. The standard InChI is InChI=1S/2C11H12O2/c2*1-8(9(2)11(12)13)10-6-4-3-5-7-10/h2*3-7H,1-2H3,(H,12,13)/b2*9-8+. The number of hydrogen-bond donors (Lipinski definition) is 2. The molecule has 0 bridgehead atoms. The molecule has 2 N–H and O–H groups in total. The van der Waals surface area contributed by atoms with Crippen LogP contribution >= 0.6 is 0 Å². The van der Waals surface area contributed by atoms with Gasteiger partial charge in [0.15, 0.2) is 0 Å². The Kier molecular flexibility index (Phi) is 8.03. The van der Waals surface area contributed by atoms with Gasteiger partial charge in [0.2, 0.25) is 0 Å². The van der Waals surface area contributed by atoms with Gasteiger partial charge in [-0.05, 0) is 50.0 Å². The second-order valence-corrected chi connectivity index (χ2v) is 5.84. The summed E-state index contributed by atoms with van der Waals surface area (Å²) in [4.78, 5) is 21.3. The molecule has 0 aliphatic rings. The molecule has 2 aromatic rings. The molecule has 0 saturated heterocycles. The Balaban J connectivity index is 0.000000260. The lowest BCUT2D eigenvalue weighted by molar-refractivity contribution is -0.133. The molecule has 0 atom stereocenters. The fourth-order valence-electron chi connectivity index (χ4n) is 2.13. The molecule has 0 fully saturated rings. The highest BCUT2D eigenvalue weighted by Gasteiger charge is 2.06. The van der Waals surface area contributed by atoms with E-state index in [2.05, 4.69) is 0 Å². The van der Waals surface area contributed by atoms with Crippen LogP contribution in [0.15, 0.2) is 71.8 Å². The van der Waals surface area contributed by atoms with Gasteiger partial charge in [-0.3, -0.25) is 0 Å². The molecule has 136 valence electrons. The third-order valence-electron chi connectivity index (χ3n) is 4.18. The first-order valence-corrected chi connectivity index (χ1v) is 8.18. The van der Waals surface area contributed by atoms with Crippen molar-refractivity contribution in [2.75, 3.05) is 0 Å². The Morgan fingerprint density at radius 1 is 0.577 bits per heavy atom. The van der Waals surface area contributed by atoms with Gasteiger partial charge in [0.05, 0.1) is 0 Å². The number of aliphatic carboxylic acids is 2. The molecular formula is C22H24O4. The summed E-state index contributed by atoms with van der Waals surface area (Å²) in [6.07, 6.45) is 0. The van der Waals surface area contributed by atoms with Crippen molar-refractivity contribution in [2.24, 2.45) is 0 Å². The Hall–Kier alpha value is -3.14. The van der Waals surface area contributed by atoms with Gasteiger partial charge >= 0.3 is 11.9 Å². The van der Waals surface area contributed by atoms with Crippen LogP contribution in [0.25, 0.3) is 11.1 Å². The molecule has 0 aliphatic carbocycles. The van der Waals surface area contributed by atoms with E-state index >= 15 is 0 Å². The van der Waals surface area contributed by atoms with Gasteiger partial charge in [-0.2, -0.15) is 0 Å². The van der Waals surface area contributed by atoms with Crippen molar-refractivity contribution in [1.29, 1.82) is 0 Å². The molecule has 2 aromatic carbocycles. The summed E-state index contributed by atoms with van der Waals surface area (Å²) in [6, 6.07) is 19.0. The minimum absolute atomic E-state index is 0.395. The highest BCUT2D eigenvalue weighted by atomic mass is 16.4. The van der Waals surface area contributed by atoms with Crippen molar-refractivity contribution < 1.29 is 19.8 Å². The average Bonchev–Trinajstić information content (AvgIpc) is 2.67. The molecule has 0 unspecified atom stereocenters. The van der Waals surface area contributed by atoms with Crippen molar-refractivity contribution >= 4 is 23.1 Å². The second kappa shape index (κ2) is 9.99. The number of rotatable bonds is 4. The van der Waals surface area contributed by atoms with E-state index in [1.165, 1.54) is 0 Å². The highest BCUT2D eigenvalue weighted by molar-refractivity contribution is 5.95. The summed E-state index contributed by atoms with van der Waals surface area (Å²) in [5, 5.41) is 17.5. The van der Waals surface area contributed by atoms with Gasteiger partial charge in [-0.1, -0.05) is 60.7 Å². The van der Waals surface area contributed by atoms with Crippen molar-refractivity contribution in [1.82, 2.24) is 0 Å². The predicted octanol–water partition coefficient (Wildman–Crippen LogP) is 5.13. The maximum absolute atomic E-state index is 10.7. The number of benzene rings is 2. The lowest BCUT2D eigenvalue weighted by Gasteiger charge is -2.03. The fourth-order valence-corrected chi connectivity index (χ4v) is 2.13. The predicted molar refractivity (Wildman–Crippen MR) is 105 cm³/mol. The van der Waals surface area contributed by atoms with Crippen molar-refractivity contribution in [3.63, 3.8) is 0 Å². The Morgan fingerprint density at radius 2 is 0.846 bits per heavy atom. The zero-order valence-corrected chi connectivity index (χ0v) is 15.5. The van der Waals surface area contributed by atoms with Crippen LogP contribution in [-0.4, -0.2) is 22.2 Å². The van der Waals surface area contributed by atoms with E-state index in [4.69, 9.17) is 10.2 Å². The van der Waals surface area contributed by atoms with Gasteiger partial charge in [0, 0.05) is 11.1 Å². The fraction of sp³-hybridized carbons (Fsp3) is 0.182. The summed E-state index contributed by atoms with van der Waals surface area (Å²) in [5.41, 5.74) is 4.34. The largest absolute Gasteiger partial charge is 0.478 e. The van der Waals surface area contributed by atoms with Crippen molar-refractivity contribution in [2.45, 2.75) is 27.7 Å². The molecule has 4 heteroatoms. The summed E-state index contributed by atoms with van der Waals surface area (Å²) in [6.45, 7) is 6.87. The van der Waals surface area contributed by atoms with Crippen LogP contribution in [-0.2, 0) is 9.59 Å². The number of allylic oxidation sites excluding steroid dienone is 2. The van der Waals surface area contributed by atoms with E-state index in [-0.39, 0.29) is 0 Å². The Bertz CT molecular complexity index is 744. The molecule has 0 heterocycles. The maximum Gasteiger partial charge on any atom is 0.331 e. The van der Waals surface area contributed by atoms with Crippen molar-refractivity contribution in [3.05, 3.63) is 82.9 Å². The summed E-state index contributed by atoms with van der Waals surface area (Å²) >= 11 is 0. The van der Waals surface area contributed by atoms with E-state index in [1.807, 2.05) is 74.5 Å². The number of carbonyl (C=O) groups is 2. The summed E-state index contributed by atoms with van der Waals surface area (Å²) < 4.78 is 0. The lowest BCUT2D eigenvalue weighted by Crippen LogP contribution is -1.98. The molecule has 0 radical (unpaired) electrons. The molecule has 26 heavy (non-hydrogen) atoms. The lowest BCUT2D eigenvalue weighted by atomic mass is 10.0. The number of carboxylic acids is 2. The summed E-state index contributed by atoms with van der Waals surface area (Å²) in [7, 11) is 0. The minimum Gasteiger partial charge on any atom is -0.478 e. The van der Waals surface area contributed by atoms with E-state index in [1.54, 1.807) is 13.8 Å². The Morgan fingerprint density at radius 3 is 1.08 bits per heavy atom. The van der Waals surface area contributed by atoms with Crippen molar-refractivity contribution in [3.8, 4) is 0 Å². The van der Waals surface area contributed by atoms with Crippen LogP contribution in [0.1, 0.15) is 38.8 Å². The smallest absolute Gasteiger partial charge is 0.331 e. The average molecular weight is 352 g/mol. The second-order valence-electron chi connectivity index (χ2n) is 5.84. The van der Waals surface area contributed by atoms with E-state index in [0.29, 0.717) is 11.1 Å². The topological polar surface area (TPSA) is 74.6 Å². The van der Waals surface area contributed by atoms with Crippen LogP contribution in [0.4, 0.5) is 0 Å². The molecule has 4 nitrogen and oxygen atoms in total. The van der Waals surface area contributed by atoms with Gasteiger partial charge in [-0.25, -0.2) is 9.59 Å². The number of hydrogen-bond acceptors (Lipinski definition) is 2. The van der Waals surface area contributed by atoms with E-state index < -0.39 is 11.9 Å². The van der Waals surface area contributed by atoms with Gasteiger partial charge in [0.25, 0.3) is 0 Å². The first-order valence-electron chi connectivity index (χ1n) is 8.18. The molecule has 0 amide bonds. The molecule has 2 rings (SSSR count). The van der Waals surface area contributed by atoms with Crippen LogP contribution in [0.5, 0.6) is 0 Å². The minimum atomic E-state index is -0.860. The Labute approximate surface area is 154 Å². The third kappa shape index (κ3) is 6.06. The molecule has 0 aromatic heterocycles. The zero-order chi connectivity index (χ0) is 19.7. The number of carboxylic acid groups (broad SMARTS) is 2.